The second kappa shape index (κ2) is 7.41. The Morgan fingerprint density at radius 1 is 1.15 bits per heavy atom. The molecule has 20 heavy (non-hydrogen) atoms. The van der Waals surface area contributed by atoms with Crippen molar-refractivity contribution in [3.05, 3.63) is 0 Å². The molecule has 1 aliphatic carbocycles. The highest BCUT2D eigenvalue weighted by molar-refractivity contribution is 5.78. The van der Waals surface area contributed by atoms with Crippen molar-refractivity contribution in [2.45, 2.75) is 57.5 Å². The molecule has 0 unspecified atom stereocenters. The van der Waals surface area contributed by atoms with E-state index in [0.717, 1.165) is 19.0 Å². The third-order valence-corrected chi connectivity index (χ3v) is 5.25. The maximum atomic E-state index is 12.4. The highest BCUT2D eigenvalue weighted by Gasteiger charge is 2.26. The molecule has 0 bridgehead atoms. The van der Waals surface area contributed by atoms with Gasteiger partial charge in [-0.05, 0) is 58.5 Å². The van der Waals surface area contributed by atoms with Gasteiger partial charge in [-0.15, -0.1) is 0 Å². The number of likely N-dealkylation sites (N-methyl/N-ethyl adjacent to an activating group) is 1. The first-order valence-corrected chi connectivity index (χ1v) is 8.25. The molecule has 1 saturated carbocycles. The Balaban J connectivity index is 1.73. The average Bonchev–Trinajstić information content (AvgIpc) is 2.48. The molecule has 1 aliphatic heterocycles. The van der Waals surface area contributed by atoms with Gasteiger partial charge in [-0.2, -0.15) is 0 Å². The minimum Gasteiger partial charge on any atom is -0.342 e. The van der Waals surface area contributed by atoms with Crippen LogP contribution in [0.1, 0.15) is 45.4 Å². The van der Waals surface area contributed by atoms with Crippen LogP contribution in [-0.4, -0.2) is 61.5 Å². The van der Waals surface area contributed by atoms with E-state index in [0.29, 0.717) is 24.5 Å². The van der Waals surface area contributed by atoms with Gasteiger partial charge in [0.05, 0.1) is 6.54 Å². The smallest absolute Gasteiger partial charge is 0.236 e. The normalized spacial score (nSPS) is 28.9. The molecule has 1 N–H and O–H groups in total. The van der Waals surface area contributed by atoms with Crippen LogP contribution in [0, 0.1) is 5.92 Å². The summed E-state index contributed by atoms with van der Waals surface area (Å²) in [6.45, 7) is 4.80. The van der Waals surface area contributed by atoms with Gasteiger partial charge in [0.25, 0.3) is 0 Å². The number of hydrogen-bond acceptors (Lipinski definition) is 3. The average molecular weight is 281 g/mol. The van der Waals surface area contributed by atoms with Crippen LogP contribution in [-0.2, 0) is 4.79 Å². The Kier molecular flexibility index (Phi) is 5.85. The molecule has 0 aromatic carbocycles. The van der Waals surface area contributed by atoms with Crippen LogP contribution in [0.15, 0.2) is 0 Å². The van der Waals surface area contributed by atoms with E-state index in [1.807, 2.05) is 0 Å². The van der Waals surface area contributed by atoms with E-state index in [2.05, 4.69) is 36.1 Å². The van der Waals surface area contributed by atoms with Gasteiger partial charge in [0, 0.05) is 25.2 Å². The van der Waals surface area contributed by atoms with E-state index in [1.165, 1.54) is 38.5 Å². The molecule has 1 saturated heterocycles. The van der Waals surface area contributed by atoms with Crippen LogP contribution >= 0.6 is 0 Å². The van der Waals surface area contributed by atoms with Crippen molar-refractivity contribution in [1.29, 1.82) is 0 Å². The summed E-state index contributed by atoms with van der Waals surface area (Å²) in [5, 5.41) is 3.37. The van der Waals surface area contributed by atoms with Gasteiger partial charge in [0.1, 0.15) is 0 Å². The Hall–Kier alpha value is -0.610. The van der Waals surface area contributed by atoms with Gasteiger partial charge in [0.2, 0.25) is 5.91 Å². The number of nitrogens with one attached hydrogen (secondary N) is 1. The summed E-state index contributed by atoms with van der Waals surface area (Å²) >= 11 is 0. The number of piperidine rings is 1. The predicted octanol–water partition coefficient (Wildman–Crippen LogP) is 1.71. The third-order valence-electron chi connectivity index (χ3n) is 5.25. The highest BCUT2D eigenvalue weighted by atomic mass is 16.2. The fourth-order valence-electron chi connectivity index (χ4n) is 3.51. The summed E-state index contributed by atoms with van der Waals surface area (Å²) in [5.41, 5.74) is 0. The van der Waals surface area contributed by atoms with Gasteiger partial charge in [-0.3, -0.25) is 9.69 Å². The summed E-state index contributed by atoms with van der Waals surface area (Å²) in [5.74, 6) is 1.11. The van der Waals surface area contributed by atoms with Crippen molar-refractivity contribution >= 4 is 5.91 Å². The maximum absolute atomic E-state index is 12.4. The SMILES string of the molecule is CNC1CCC(N(C)CC(=O)N2CCC(C)CC2)CC1. The van der Waals surface area contributed by atoms with Gasteiger partial charge >= 0.3 is 0 Å². The quantitative estimate of drug-likeness (QED) is 0.852. The summed E-state index contributed by atoms with van der Waals surface area (Å²) in [4.78, 5) is 16.7. The number of carbonyl (C=O) groups excluding carboxylic acids is 1. The molecule has 1 amide bonds. The molecule has 116 valence electrons. The third kappa shape index (κ3) is 4.19. The van der Waals surface area contributed by atoms with Crippen LogP contribution in [0.2, 0.25) is 0 Å². The van der Waals surface area contributed by atoms with Gasteiger partial charge in [-0.1, -0.05) is 6.92 Å². The first-order chi connectivity index (χ1) is 9.60. The molecule has 2 rings (SSSR count). The lowest BCUT2D eigenvalue weighted by atomic mass is 9.90. The molecule has 2 fully saturated rings. The minimum absolute atomic E-state index is 0.329. The summed E-state index contributed by atoms with van der Waals surface area (Å²) in [6.07, 6.45) is 7.24. The molecule has 0 atom stereocenters. The van der Waals surface area contributed by atoms with E-state index in [1.54, 1.807) is 0 Å². The number of nitrogens with zero attached hydrogens (tertiary/aromatic N) is 2. The Labute approximate surface area is 123 Å². The lowest BCUT2D eigenvalue weighted by Gasteiger charge is -2.36. The van der Waals surface area contributed by atoms with Gasteiger partial charge < -0.3 is 10.2 Å². The standard InChI is InChI=1S/C16H31N3O/c1-13-8-10-19(11-9-13)16(20)12-18(3)15-6-4-14(17-2)5-7-15/h13-15,17H,4-12H2,1-3H3. The number of amides is 1. The number of carbonyl (C=O) groups is 1. The van der Waals surface area contributed by atoms with Crippen molar-refractivity contribution in [1.82, 2.24) is 15.1 Å². The van der Waals surface area contributed by atoms with Crippen LogP contribution in [0.25, 0.3) is 0 Å². The fraction of sp³-hybridized carbons (Fsp3) is 0.938. The summed E-state index contributed by atoms with van der Waals surface area (Å²) in [7, 11) is 4.17. The molecular weight excluding hydrogens is 250 g/mol. The monoisotopic (exact) mass is 281 g/mol. The predicted molar refractivity (Wildman–Crippen MR) is 82.7 cm³/mol. The van der Waals surface area contributed by atoms with Gasteiger partial charge in [-0.25, -0.2) is 0 Å². The zero-order valence-corrected chi connectivity index (χ0v) is 13.4. The van der Waals surface area contributed by atoms with Crippen molar-refractivity contribution in [3.63, 3.8) is 0 Å². The molecule has 0 aromatic rings. The van der Waals surface area contributed by atoms with Crippen LogP contribution in [0.3, 0.4) is 0 Å². The van der Waals surface area contributed by atoms with Crippen LogP contribution in [0.5, 0.6) is 0 Å². The van der Waals surface area contributed by atoms with Crippen molar-refractivity contribution in [3.8, 4) is 0 Å². The number of hydrogen-bond donors (Lipinski definition) is 1. The molecule has 4 heteroatoms. The van der Waals surface area contributed by atoms with E-state index in [-0.39, 0.29) is 0 Å². The topological polar surface area (TPSA) is 35.6 Å². The van der Waals surface area contributed by atoms with Crippen molar-refractivity contribution in [2.75, 3.05) is 33.7 Å². The molecule has 1 heterocycles. The molecule has 2 aliphatic rings. The second-order valence-electron chi connectivity index (χ2n) is 6.77. The molecular formula is C16H31N3O. The van der Waals surface area contributed by atoms with Gasteiger partial charge in [0.15, 0.2) is 0 Å². The zero-order valence-electron chi connectivity index (χ0n) is 13.4. The first kappa shape index (κ1) is 15.8. The number of likely N-dealkylation sites (tertiary alicyclic amines) is 1. The zero-order chi connectivity index (χ0) is 14.5. The lowest BCUT2D eigenvalue weighted by molar-refractivity contribution is -0.134. The number of rotatable bonds is 4. The van der Waals surface area contributed by atoms with Crippen LogP contribution < -0.4 is 5.32 Å². The van der Waals surface area contributed by atoms with Crippen LogP contribution in [0.4, 0.5) is 0 Å². The van der Waals surface area contributed by atoms with E-state index in [4.69, 9.17) is 0 Å². The summed E-state index contributed by atoms with van der Waals surface area (Å²) in [6, 6.07) is 1.27. The molecule has 0 radical (unpaired) electrons. The lowest BCUT2D eigenvalue weighted by Crippen LogP contribution is -2.47. The second-order valence-corrected chi connectivity index (χ2v) is 6.77. The maximum Gasteiger partial charge on any atom is 0.236 e. The van der Waals surface area contributed by atoms with Crippen molar-refractivity contribution in [2.24, 2.45) is 5.92 Å². The molecule has 0 spiro atoms. The van der Waals surface area contributed by atoms with E-state index < -0.39 is 0 Å². The van der Waals surface area contributed by atoms with E-state index >= 15 is 0 Å². The Morgan fingerprint density at radius 3 is 2.30 bits per heavy atom. The molecule has 0 aromatic heterocycles. The largest absolute Gasteiger partial charge is 0.342 e. The Morgan fingerprint density at radius 2 is 1.75 bits per heavy atom. The highest BCUT2D eigenvalue weighted by Crippen LogP contribution is 2.22. The minimum atomic E-state index is 0.329. The molecule has 4 nitrogen and oxygen atoms in total. The fourth-order valence-corrected chi connectivity index (χ4v) is 3.51. The van der Waals surface area contributed by atoms with Crippen molar-refractivity contribution < 1.29 is 4.79 Å². The summed E-state index contributed by atoms with van der Waals surface area (Å²) < 4.78 is 0. The Bertz CT molecular complexity index is 305. The van der Waals surface area contributed by atoms with E-state index in [9.17, 15) is 4.79 Å². The first-order valence-electron chi connectivity index (χ1n) is 8.25.